The van der Waals surface area contributed by atoms with Crippen molar-refractivity contribution in [2.24, 2.45) is 0 Å². The molecule has 25 heavy (non-hydrogen) atoms. The zero-order chi connectivity index (χ0) is 17.6. The Balaban J connectivity index is 1.52. The minimum Gasteiger partial charge on any atom is -0.497 e. The molecule has 0 aliphatic rings. The van der Waals surface area contributed by atoms with Gasteiger partial charge in [-0.05, 0) is 49.4 Å². The Kier molecular flexibility index (Phi) is 5.13. The van der Waals surface area contributed by atoms with E-state index in [0.717, 1.165) is 23.6 Å². The number of amides is 1. The molecule has 0 atom stereocenters. The van der Waals surface area contributed by atoms with E-state index in [9.17, 15) is 4.79 Å². The third kappa shape index (κ3) is 3.88. The fourth-order valence-corrected chi connectivity index (χ4v) is 2.45. The van der Waals surface area contributed by atoms with Gasteiger partial charge in [-0.3, -0.25) is 4.79 Å². The van der Waals surface area contributed by atoms with Gasteiger partial charge >= 0.3 is 0 Å². The number of benzene rings is 2. The molecule has 7 heteroatoms. The second-order valence-corrected chi connectivity index (χ2v) is 5.39. The number of nitrogens with zero attached hydrogens (tertiary/aromatic N) is 3. The molecule has 0 saturated carbocycles. The summed E-state index contributed by atoms with van der Waals surface area (Å²) in [5, 5.41) is 11.0. The Labute approximate surface area is 145 Å². The molecule has 0 aliphatic heterocycles. The number of fused-ring (bicyclic) bond motifs is 1. The number of hydrogen-bond acceptors (Lipinski definition) is 5. The molecule has 1 aromatic heterocycles. The van der Waals surface area contributed by atoms with Gasteiger partial charge in [0.15, 0.2) is 0 Å². The van der Waals surface area contributed by atoms with Gasteiger partial charge in [0.25, 0.3) is 5.91 Å². The molecule has 0 unspecified atom stereocenters. The topological polar surface area (TPSA) is 78.3 Å². The van der Waals surface area contributed by atoms with Crippen molar-refractivity contribution >= 4 is 16.9 Å². The minimum atomic E-state index is -0.161. The lowest BCUT2D eigenvalue weighted by molar-refractivity contribution is 0.0947. The minimum absolute atomic E-state index is 0.161. The zero-order valence-electron chi connectivity index (χ0n) is 14.2. The molecule has 0 fully saturated rings. The van der Waals surface area contributed by atoms with Crippen LogP contribution in [-0.2, 0) is 6.54 Å². The maximum absolute atomic E-state index is 12.2. The number of aromatic nitrogens is 3. The first-order valence-corrected chi connectivity index (χ1v) is 8.09. The van der Waals surface area contributed by atoms with Gasteiger partial charge in [0, 0.05) is 12.1 Å². The number of ether oxygens (including phenoxy) is 2. The molecule has 0 aliphatic carbocycles. The van der Waals surface area contributed by atoms with Crippen LogP contribution in [0, 0.1) is 0 Å². The van der Waals surface area contributed by atoms with Crippen LogP contribution in [0.2, 0.25) is 0 Å². The molecule has 1 heterocycles. The molecule has 130 valence electrons. The van der Waals surface area contributed by atoms with Crippen LogP contribution >= 0.6 is 0 Å². The highest BCUT2D eigenvalue weighted by molar-refractivity contribution is 5.97. The van der Waals surface area contributed by atoms with Crippen LogP contribution in [0.4, 0.5) is 0 Å². The molecule has 3 rings (SSSR count). The van der Waals surface area contributed by atoms with Crippen molar-refractivity contribution in [2.45, 2.75) is 13.5 Å². The summed E-state index contributed by atoms with van der Waals surface area (Å²) < 4.78 is 12.5. The van der Waals surface area contributed by atoms with E-state index in [4.69, 9.17) is 9.47 Å². The van der Waals surface area contributed by atoms with Crippen molar-refractivity contribution in [3.63, 3.8) is 0 Å². The van der Waals surface area contributed by atoms with Crippen molar-refractivity contribution in [3.05, 3.63) is 48.0 Å². The highest BCUT2D eigenvalue weighted by atomic mass is 16.5. The van der Waals surface area contributed by atoms with Crippen LogP contribution < -0.4 is 14.8 Å². The van der Waals surface area contributed by atoms with E-state index in [2.05, 4.69) is 15.6 Å². The predicted molar refractivity (Wildman–Crippen MR) is 94.0 cm³/mol. The van der Waals surface area contributed by atoms with Crippen LogP contribution in [0.3, 0.4) is 0 Å². The lowest BCUT2D eigenvalue weighted by Gasteiger charge is -2.08. The summed E-state index contributed by atoms with van der Waals surface area (Å²) in [6.07, 6.45) is 0. The van der Waals surface area contributed by atoms with Gasteiger partial charge in [0.05, 0.1) is 19.2 Å². The van der Waals surface area contributed by atoms with Gasteiger partial charge in [0.2, 0.25) is 0 Å². The summed E-state index contributed by atoms with van der Waals surface area (Å²) in [7, 11) is 1.62. The largest absolute Gasteiger partial charge is 0.497 e. The molecular weight excluding hydrogens is 320 g/mol. The van der Waals surface area contributed by atoms with E-state index in [-0.39, 0.29) is 5.91 Å². The van der Waals surface area contributed by atoms with Crippen LogP contribution in [-0.4, -0.2) is 41.2 Å². The molecular formula is C18H20N4O3. The Bertz CT molecular complexity index is 858. The summed E-state index contributed by atoms with van der Waals surface area (Å²) in [6, 6.07) is 12.7. The average molecular weight is 340 g/mol. The second-order valence-electron chi connectivity index (χ2n) is 5.39. The van der Waals surface area contributed by atoms with Crippen molar-refractivity contribution in [2.75, 3.05) is 20.3 Å². The third-order valence-electron chi connectivity index (χ3n) is 3.79. The number of carbonyl (C=O) groups is 1. The zero-order valence-corrected chi connectivity index (χ0v) is 14.2. The second kappa shape index (κ2) is 7.65. The predicted octanol–water partition coefficient (Wildman–Crippen LogP) is 2.27. The molecule has 2 aromatic carbocycles. The summed E-state index contributed by atoms with van der Waals surface area (Å²) in [5.41, 5.74) is 2.19. The SMILES string of the molecule is CCn1nnc2cc(C(=O)NCCOc3ccc(OC)cc3)ccc21. The average Bonchev–Trinajstić information content (AvgIpc) is 3.07. The lowest BCUT2D eigenvalue weighted by atomic mass is 10.2. The highest BCUT2D eigenvalue weighted by Crippen LogP contribution is 2.17. The maximum atomic E-state index is 12.2. The standard InChI is InChI=1S/C18H20N4O3/c1-3-22-17-9-4-13(12-16(17)20-21-22)18(23)19-10-11-25-15-7-5-14(24-2)6-8-15/h4-9,12H,3,10-11H2,1-2H3,(H,19,23). The van der Waals surface area contributed by atoms with E-state index < -0.39 is 0 Å². The maximum Gasteiger partial charge on any atom is 0.251 e. The van der Waals surface area contributed by atoms with Crippen molar-refractivity contribution < 1.29 is 14.3 Å². The van der Waals surface area contributed by atoms with E-state index >= 15 is 0 Å². The first kappa shape index (κ1) is 16.8. The summed E-state index contributed by atoms with van der Waals surface area (Å²) in [6.45, 7) is 3.53. The van der Waals surface area contributed by atoms with Crippen LogP contribution in [0.5, 0.6) is 11.5 Å². The van der Waals surface area contributed by atoms with Gasteiger partial charge in [-0.1, -0.05) is 5.21 Å². The Hall–Kier alpha value is -3.09. The molecule has 0 saturated heterocycles. The molecule has 3 aromatic rings. The molecule has 7 nitrogen and oxygen atoms in total. The van der Waals surface area contributed by atoms with Gasteiger partial charge in [-0.2, -0.15) is 0 Å². The van der Waals surface area contributed by atoms with Crippen molar-refractivity contribution in [1.82, 2.24) is 20.3 Å². The Morgan fingerprint density at radius 1 is 1.16 bits per heavy atom. The van der Waals surface area contributed by atoms with Crippen molar-refractivity contribution in [1.29, 1.82) is 0 Å². The molecule has 1 N–H and O–H groups in total. The van der Waals surface area contributed by atoms with Gasteiger partial charge in [-0.25, -0.2) is 4.68 Å². The summed E-state index contributed by atoms with van der Waals surface area (Å²) in [4.78, 5) is 12.2. The highest BCUT2D eigenvalue weighted by Gasteiger charge is 2.09. The fraction of sp³-hybridized carbons (Fsp3) is 0.278. The number of hydrogen-bond donors (Lipinski definition) is 1. The lowest BCUT2D eigenvalue weighted by Crippen LogP contribution is -2.28. The van der Waals surface area contributed by atoms with E-state index in [0.29, 0.717) is 24.2 Å². The number of nitrogens with one attached hydrogen (secondary N) is 1. The summed E-state index contributed by atoms with van der Waals surface area (Å²) in [5.74, 6) is 1.34. The molecule has 0 spiro atoms. The molecule has 0 radical (unpaired) electrons. The number of aryl methyl sites for hydroxylation is 1. The van der Waals surface area contributed by atoms with Crippen LogP contribution in [0.25, 0.3) is 11.0 Å². The first-order chi connectivity index (χ1) is 12.2. The van der Waals surface area contributed by atoms with Crippen LogP contribution in [0.15, 0.2) is 42.5 Å². The van der Waals surface area contributed by atoms with E-state index in [1.807, 2.05) is 37.3 Å². The molecule has 0 bridgehead atoms. The number of rotatable bonds is 7. The van der Waals surface area contributed by atoms with Crippen molar-refractivity contribution in [3.8, 4) is 11.5 Å². The third-order valence-corrected chi connectivity index (χ3v) is 3.79. The Morgan fingerprint density at radius 3 is 2.64 bits per heavy atom. The normalized spacial score (nSPS) is 10.6. The Morgan fingerprint density at radius 2 is 1.92 bits per heavy atom. The fourth-order valence-electron chi connectivity index (χ4n) is 2.45. The van der Waals surface area contributed by atoms with Gasteiger partial charge in [0.1, 0.15) is 23.6 Å². The van der Waals surface area contributed by atoms with E-state index in [1.54, 1.807) is 23.9 Å². The molecule has 1 amide bonds. The quantitative estimate of drug-likeness (QED) is 0.668. The van der Waals surface area contributed by atoms with Crippen LogP contribution in [0.1, 0.15) is 17.3 Å². The first-order valence-electron chi connectivity index (χ1n) is 8.09. The number of carbonyl (C=O) groups excluding carboxylic acids is 1. The van der Waals surface area contributed by atoms with Gasteiger partial charge in [-0.15, -0.1) is 5.10 Å². The van der Waals surface area contributed by atoms with Gasteiger partial charge < -0.3 is 14.8 Å². The summed E-state index contributed by atoms with van der Waals surface area (Å²) >= 11 is 0. The smallest absolute Gasteiger partial charge is 0.251 e. The number of methoxy groups -OCH3 is 1. The van der Waals surface area contributed by atoms with E-state index in [1.165, 1.54) is 0 Å². The monoisotopic (exact) mass is 340 g/mol.